The normalized spacial score (nSPS) is 13.4. The van der Waals surface area contributed by atoms with Crippen molar-refractivity contribution in [1.29, 1.82) is 0 Å². The van der Waals surface area contributed by atoms with E-state index >= 15 is 0 Å². The van der Waals surface area contributed by atoms with Crippen LogP contribution >= 0.6 is 11.8 Å². The summed E-state index contributed by atoms with van der Waals surface area (Å²) in [5.41, 5.74) is 0.237. The molecular weight excluding hydrogens is 348 g/mol. The zero-order valence-corrected chi connectivity index (χ0v) is 13.6. The maximum atomic E-state index is 11.1. The Kier molecular flexibility index (Phi) is 4.84. The molecule has 25 heavy (non-hydrogen) atoms. The number of rotatable bonds is 5. The summed E-state index contributed by atoms with van der Waals surface area (Å²) in [6.07, 6.45) is 4.64. The third kappa shape index (κ3) is 3.88. The topological polar surface area (TPSA) is 128 Å². The first kappa shape index (κ1) is 16.8. The monoisotopic (exact) mass is 360 g/mol. The number of nitro benzene ring substituents is 2. The predicted octanol–water partition coefficient (Wildman–Crippen LogP) is 2.40. The first-order chi connectivity index (χ1) is 12.0. The average molecular weight is 360 g/mol. The smallest absolute Gasteiger partial charge is 0.278 e. The number of non-ortho nitro benzene ring substituents is 2. The number of hydrogen-bond acceptors (Lipinski definition) is 9. The van der Waals surface area contributed by atoms with E-state index in [-0.39, 0.29) is 17.9 Å². The molecule has 0 saturated heterocycles. The molecule has 0 aliphatic carbocycles. The Balaban J connectivity index is 2.06. The molecule has 11 heteroatoms. The number of aromatic nitrogens is 2. The van der Waals surface area contributed by atoms with Gasteiger partial charge in [-0.1, -0.05) is 11.8 Å². The van der Waals surface area contributed by atoms with Gasteiger partial charge in [0.1, 0.15) is 0 Å². The Morgan fingerprint density at radius 1 is 1.12 bits per heavy atom. The van der Waals surface area contributed by atoms with Crippen LogP contribution in [-0.4, -0.2) is 37.3 Å². The summed E-state index contributed by atoms with van der Waals surface area (Å²) in [4.78, 5) is 35.2. The van der Waals surface area contributed by atoms with E-state index in [1.54, 1.807) is 11.1 Å². The highest BCUT2D eigenvalue weighted by atomic mass is 32.2. The van der Waals surface area contributed by atoms with Crippen molar-refractivity contribution in [3.8, 4) is 0 Å². The Labute approximate surface area is 145 Å². The number of benzene rings is 1. The van der Waals surface area contributed by atoms with E-state index in [2.05, 4.69) is 15.0 Å². The van der Waals surface area contributed by atoms with E-state index in [0.717, 1.165) is 11.8 Å². The van der Waals surface area contributed by atoms with Gasteiger partial charge in [0.2, 0.25) is 0 Å². The van der Waals surface area contributed by atoms with Gasteiger partial charge in [0.05, 0.1) is 46.6 Å². The fourth-order valence-electron chi connectivity index (χ4n) is 2.28. The van der Waals surface area contributed by atoms with Crippen molar-refractivity contribution in [1.82, 2.24) is 9.97 Å². The van der Waals surface area contributed by atoms with Gasteiger partial charge in [-0.25, -0.2) is 0 Å². The number of amidine groups is 1. The molecule has 0 spiro atoms. The number of nitro groups is 2. The summed E-state index contributed by atoms with van der Waals surface area (Å²) in [6.45, 7) is 0.867. The highest BCUT2D eigenvalue weighted by Crippen LogP contribution is 2.31. The van der Waals surface area contributed by atoms with Crippen molar-refractivity contribution in [3.05, 3.63) is 62.7 Å². The van der Waals surface area contributed by atoms with E-state index in [1.165, 1.54) is 36.3 Å². The van der Waals surface area contributed by atoms with Crippen LogP contribution in [0.2, 0.25) is 0 Å². The first-order valence-corrected chi connectivity index (χ1v) is 8.17. The number of thioether (sulfide) groups is 1. The molecule has 0 unspecified atom stereocenters. The fourth-order valence-corrected chi connectivity index (χ4v) is 3.15. The quantitative estimate of drug-likeness (QED) is 0.587. The molecule has 0 N–H and O–H groups in total. The third-order valence-corrected chi connectivity index (χ3v) is 4.35. The van der Waals surface area contributed by atoms with Crippen LogP contribution in [0.5, 0.6) is 0 Å². The summed E-state index contributed by atoms with van der Waals surface area (Å²) in [5, 5.41) is 22.9. The minimum atomic E-state index is -0.652. The molecule has 1 aromatic heterocycles. The zero-order chi connectivity index (χ0) is 17.8. The Hall–Kier alpha value is -3.08. The third-order valence-electron chi connectivity index (χ3n) is 3.36. The highest BCUT2D eigenvalue weighted by Gasteiger charge is 2.24. The molecule has 0 saturated carbocycles. The van der Waals surface area contributed by atoms with Gasteiger partial charge in [0.15, 0.2) is 5.17 Å². The molecule has 0 atom stereocenters. The zero-order valence-electron chi connectivity index (χ0n) is 12.8. The number of anilines is 1. The second-order valence-electron chi connectivity index (χ2n) is 5.02. The van der Waals surface area contributed by atoms with Crippen molar-refractivity contribution >= 4 is 34.0 Å². The number of nitrogens with zero attached hydrogens (tertiary/aromatic N) is 6. The SMILES string of the molecule is O=[N+]([O-])c1cc(N(Cc2cnccn2)C2=NCCS2)cc([N+](=O)[O-])c1. The molecule has 0 radical (unpaired) electrons. The van der Waals surface area contributed by atoms with Gasteiger partial charge >= 0.3 is 0 Å². The molecule has 128 valence electrons. The Bertz CT molecular complexity index is 812. The molecule has 2 aromatic rings. The summed E-state index contributed by atoms with van der Waals surface area (Å²) >= 11 is 1.48. The van der Waals surface area contributed by atoms with Crippen LogP contribution in [0.4, 0.5) is 17.1 Å². The molecule has 0 bridgehead atoms. The fraction of sp³-hybridized carbons (Fsp3) is 0.214. The van der Waals surface area contributed by atoms with E-state index in [9.17, 15) is 20.2 Å². The van der Waals surface area contributed by atoms with Gasteiger partial charge in [-0.2, -0.15) is 0 Å². The van der Waals surface area contributed by atoms with Crippen LogP contribution < -0.4 is 4.90 Å². The van der Waals surface area contributed by atoms with Crippen molar-refractivity contribution in [2.75, 3.05) is 17.2 Å². The molecule has 1 aromatic carbocycles. The molecule has 1 aliphatic rings. The predicted molar refractivity (Wildman–Crippen MR) is 92.7 cm³/mol. The van der Waals surface area contributed by atoms with Crippen LogP contribution in [0.1, 0.15) is 5.69 Å². The summed E-state index contributed by atoms with van der Waals surface area (Å²) < 4.78 is 0. The Morgan fingerprint density at radius 2 is 1.84 bits per heavy atom. The van der Waals surface area contributed by atoms with Crippen LogP contribution in [-0.2, 0) is 6.54 Å². The lowest BCUT2D eigenvalue weighted by atomic mass is 10.2. The second-order valence-corrected chi connectivity index (χ2v) is 6.08. The first-order valence-electron chi connectivity index (χ1n) is 7.18. The maximum absolute atomic E-state index is 11.1. The minimum absolute atomic E-state index is 0.248. The minimum Gasteiger partial charge on any atom is -0.315 e. The molecular formula is C14H12N6O4S. The second kappa shape index (κ2) is 7.21. The summed E-state index contributed by atoms with van der Waals surface area (Å²) in [6, 6.07) is 3.53. The lowest BCUT2D eigenvalue weighted by Gasteiger charge is -2.23. The maximum Gasteiger partial charge on any atom is 0.278 e. The van der Waals surface area contributed by atoms with Gasteiger partial charge in [-0.15, -0.1) is 0 Å². The van der Waals surface area contributed by atoms with Crippen LogP contribution in [0.25, 0.3) is 0 Å². The lowest BCUT2D eigenvalue weighted by molar-refractivity contribution is -0.394. The standard InChI is InChI=1S/C14H12N6O4S/c21-19(22)12-5-11(6-13(7-12)20(23)24)18(14-17-3-4-25-14)9-10-8-15-1-2-16-10/h1-2,5-8H,3-4,9H2. The van der Waals surface area contributed by atoms with Gasteiger partial charge in [-0.3, -0.25) is 35.2 Å². The summed E-state index contributed by atoms with van der Waals surface area (Å²) in [7, 11) is 0. The van der Waals surface area contributed by atoms with Crippen molar-refractivity contribution in [2.45, 2.75) is 6.54 Å². The largest absolute Gasteiger partial charge is 0.315 e. The number of hydrogen-bond donors (Lipinski definition) is 0. The molecule has 10 nitrogen and oxygen atoms in total. The van der Waals surface area contributed by atoms with E-state index in [0.29, 0.717) is 23.1 Å². The summed E-state index contributed by atoms with van der Waals surface area (Å²) in [5.74, 6) is 0.781. The highest BCUT2D eigenvalue weighted by molar-refractivity contribution is 8.14. The Morgan fingerprint density at radius 3 is 2.36 bits per heavy atom. The van der Waals surface area contributed by atoms with Gasteiger partial charge < -0.3 is 4.90 Å². The van der Waals surface area contributed by atoms with E-state index in [1.807, 2.05) is 0 Å². The van der Waals surface area contributed by atoms with Gasteiger partial charge in [0.25, 0.3) is 11.4 Å². The van der Waals surface area contributed by atoms with Crippen molar-refractivity contribution in [3.63, 3.8) is 0 Å². The number of aliphatic imine (C=N–C) groups is 1. The van der Waals surface area contributed by atoms with Crippen LogP contribution in [0.15, 0.2) is 41.8 Å². The van der Waals surface area contributed by atoms with Crippen molar-refractivity contribution < 1.29 is 9.85 Å². The lowest BCUT2D eigenvalue weighted by Crippen LogP contribution is -2.27. The van der Waals surface area contributed by atoms with E-state index < -0.39 is 9.85 Å². The molecule has 2 heterocycles. The molecule has 3 rings (SSSR count). The van der Waals surface area contributed by atoms with Gasteiger partial charge in [0, 0.05) is 30.3 Å². The molecule has 1 aliphatic heterocycles. The van der Waals surface area contributed by atoms with Crippen LogP contribution in [0.3, 0.4) is 0 Å². The average Bonchev–Trinajstić information content (AvgIpc) is 3.14. The van der Waals surface area contributed by atoms with Gasteiger partial charge in [-0.05, 0) is 0 Å². The van der Waals surface area contributed by atoms with Crippen molar-refractivity contribution in [2.24, 2.45) is 4.99 Å². The molecule has 0 fully saturated rings. The molecule has 0 amide bonds. The van der Waals surface area contributed by atoms with E-state index in [4.69, 9.17) is 0 Å². The van der Waals surface area contributed by atoms with Crippen LogP contribution in [0, 0.1) is 20.2 Å².